The molecule has 29 heavy (non-hydrogen) atoms. The van der Waals surface area contributed by atoms with Crippen LogP contribution in [0.2, 0.25) is 5.02 Å². The molecule has 1 saturated carbocycles. The van der Waals surface area contributed by atoms with Crippen LogP contribution in [0.25, 0.3) is 0 Å². The summed E-state index contributed by atoms with van der Waals surface area (Å²) in [5, 5.41) is 4.97. The van der Waals surface area contributed by atoms with Gasteiger partial charge in [-0.3, -0.25) is 4.79 Å². The molecular formula is C22H26ClN3O3. The van der Waals surface area contributed by atoms with Gasteiger partial charge in [-0.25, -0.2) is 4.79 Å². The normalized spacial score (nSPS) is 16.5. The van der Waals surface area contributed by atoms with Crippen molar-refractivity contribution in [2.45, 2.75) is 65.0 Å². The number of halogens is 1. The van der Waals surface area contributed by atoms with E-state index in [0.29, 0.717) is 36.0 Å². The maximum absolute atomic E-state index is 13.5. The highest BCUT2D eigenvalue weighted by molar-refractivity contribution is 6.34. The van der Waals surface area contributed by atoms with Crippen LogP contribution in [0.3, 0.4) is 0 Å². The van der Waals surface area contributed by atoms with Gasteiger partial charge >= 0.3 is 6.09 Å². The number of aryl methyl sites for hydroxylation is 1. The van der Waals surface area contributed by atoms with Gasteiger partial charge in [0.05, 0.1) is 28.5 Å². The molecule has 1 aromatic heterocycles. The summed E-state index contributed by atoms with van der Waals surface area (Å²) in [6.07, 6.45) is 2.41. The topological polar surface area (TPSA) is 64.4 Å². The van der Waals surface area contributed by atoms with Crippen molar-refractivity contribution in [1.29, 1.82) is 0 Å². The average molecular weight is 416 g/mol. The maximum Gasteiger partial charge on any atom is 0.410 e. The van der Waals surface area contributed by atoms with E-state index in [-0.39, 0.29) is 12.0 Å². The zero-order valence-corrected chi connectivity index (χ0v) is 18.0. The number of amides is 1. The number of ether oxygens (including phenoxy) is 1. The van der Waals surface area contributed by atoms with Gasteiger partial charge in [-0.1, -0.05) is 23.7 Å². The van der Waals surface area contributed by atoms with E-state index in [0.717, 1.165) is 35.4 Å². The molecule has 1 amide bonds. The monoisotopic (exact) mass is 415 g/mol. The van der Waals surface area contributed by atoms with E-state index in [2.05, 4.69) is 5.10 Å². The second kappa shape index (κ2) is 7.17. The number of fused-ring (bicyclic) bond motifs is 1. The lowest BCUT2D eigenvalue weighted by molar-refractivity contribution is 0.0218. The Morgan fingerprint density at radius 3 is 2.62 bits per heavy atom. The molecule has 0 bridgehead atoms. The fourth-order valence-corrected chi connectivity index (χ4v) is 4.12. The highest BCUT2D eigenvalue weighted by Crippen LogP contribution is 2.43. The quantitative estimate of drug-likeness (QED) is 0.712. The van der Waals surface area contributed by atoms with Crippen LogP contribution in [0.1, 0.15) is 72.4 Å². The van der Waals surface area contributed by atoms with Gasteiger partial charge < -0.3 is 9.64 Å². The van der Waals surface area contributed by atoms with Crippen LogP contribution < -0.4 is 0 Å². The van der Waals surface area contributed by atoms with E-state index < -0.39 is 5.60 Å². The molecule has 154 valence electrons. The first kappa shape index (κ1) is 20.0. The van der Waals surface area contributed by atoms with Gasteiger partial charge in [-0.05, 0) is 64.5 Å². The van der Waals surface area contributed by atoms with Crippen molar-refractivity contribution < 1.29 is 14.3 Å². The van der Waals surface area contributed by atoms with Crippen LogP contribution in [-0.4, -0.2) is 38.8 Å². The molecule has 1 aliphatic carbocycles. The molecule has 1 aliphatic heterocycles. The van der Waals surface area contributed by atoms with Gasteiger partial charge in [0, 0.05) is 12.1 Å². The summed E-state index contributed by atoms with van der Waals surface area (Å²) < 4.78 is 6.95. The smallest absolute Gasteiger partial charge is 0.410 e. The zero-order chi connectivity index (χ0) is 20.9. The Balaban J connectivity index is 1.68. The standard InChI is InChI=1S/C22H26ClN3O3/c1-13-15-10-11-25(21(28)29-22(2,3)4)12-18(15)26(24-13)20(27)19-16(14-8-9-14)6-5-7-17(19)23/h5-7,14H,8-12H2,1-4H3. The molecule has 1 aromatic carbocycles. The molecule has 0 radical (unpaired) electrons. The predicted octanol–water partition coefficient (Wildman–Crippen LogP) is 4.70. The number of rotatable bonds is 2. The Hall–Kier alpha value is -2.34. The van der Waals surface area contributed by atoms with Crippen molar-refractivity contribution in [3.63, 3.8) is 0 Å². The molecule has 7 heteroatoms. The van der Waals surface area contributed by atoms with Gasteiger partial charge in [-0.2, -0.15) is 9.78 Å². The highest BCUT2D eigenvalue weighted by Gasteiger charge is 2.34. The number of carbonyl (C=O) groups excluding carboxylic acids is 2. The van der Waals surface area contributed by atoms with Gasteiger partial charge in [0.25, 0.3) is 5.91 Å². The van der Waals surface area contributed by atoms with Crippen molar-refractivity contribution >= 4 is 23.6 Å². The fourth-order valence-electron chi connectivity index (χ4n) is 3.86. The molecule has 0 atom stereocenters. The molecule has 2 aliphatic rings. The van der Waals surface area contributed by atoms with Gasteiger partial charge in [-0.15, -0.1) is 0 Å². The second-order valence-electron chi connectivity index (χ2n) is 8.86. The van der Waals surface area contributed by atoms with Crippen molar-refractivity contribution in [3.8, 4) is 0 Å². The van der Waals surface area contributed by atoms with Crippen LogP contribution in [-0.2, 0) is 17.7 Å². The van der Waals surface area contributed by atoms with E-state index in [9.17, 15) is 9.59 Å². The SMILES string of the molecule is Cc1nn(C(=O)c2c(Cl)cccc2C2CC2)c2c1CCN(C(=O)OC(C)(C)C)C2. The number of aromatic nitrogens is 2. The summed E-state index contributed by atoms with van der Waals surface area (Å²) in [6.45, 7) is 8.27. The van der Waals surface area contributed by atoms with E-state index in [1.807, 2.05) is 39.8 Å². The van der Waals surface area contributed by atoms with Crippen molar-refractivity contribution in [2.75, 3.05) is 6.54 Å². The summed E-state index contributed by atoms with van der Waals surface area (Å²) in [5.41, 5.74) is 3.53. The lowest BCUT2D eigenvalue weighted by atomic mass is 10.0. The van der Waals surface area contributed by atoms with Crippen LogP contribution in [0, 0.1) is 6.92 Å². The molecule has 0 spiro atoms. The molecule has 4 rings (SSSR count). The van der Waals surface area contributed by atoms with E-state index in [1.165, 1.54) is 4.68 Å². The molecule has 0 saturated heterocycles. The summed E-state index contributed by atoms with van der Waals surface area (Å²) in [5.74, 6) is 0.159. The Bertz CT molecular complexity index is 986. The first-order chi connectivity index (χ1) is 13.7. The van der Waals surface area contributed by atoms with Gasteiger partial charge in [0.15, 0.2) is 0 Å². The van der Waals surface area contributed by atoms with Crippen LogP contribution in [0.5, 0.6) is 0 Å². The van der Waals surface area contributed by atoms with E-state index >= 15 is 0 Å². The lowest BCUT2D eigenvalue weighted by Gasteiger charge is -2.30. The molecule has 6 nitrogen and oxygen atoms in total. The van der Waals surface area contributed by atoms with Crippen LogP contribution >= 0.6 is 11.6 Å². The maximum atomic E-state index is 13.5. The van der Waals surface area contributed by atoms with Gasteiger partial charge in [0.2, 0.25) is 0 Å². The third kappa shape index (κ3) is 3.90. The van der Waals surface area contributed by atoms with E-state index in [1.54, 1.807) is 11.0 Å². The predicted molar refractivity (Wildman–Crippen MR) is 110 cm³/mol. The van der Waals surface area contributed by atoms with Crippen LogP contribution in [0.4, 0.5) is 4.79 Å². The number of benzene rings is 1. The summed E-state index contributed by atoms with van der Waals surface area (Å²) in [4.78, 5) is 27.7. The summed E-state index contributed by atoms with van der Waals surface area (Å²) in [6, 6.07) is 5.61. The zero-order valence-electron chi connectivity index (χ0n) is 17.3. The van der Waals surface area contributed by atoms with Crippen molar-refractivity contribution in [2.24, 2.45) is 0 Å². The molecule has 0 N–H and O–H groups in total. The second-order valence-corrected chi connectivity index (χ2v) is 9.27. The number of carbonyl (C=O) groups is 2. The van der Waals surface area contributed by atoms with Crippen molar-refractivity contribution in [1.82, 2.24) is 14.7 Å². The number of hydrogen-bond donors (Lipinski definition) is 0. The minimum absolute atomic E-state index is 0.229. The Labute approximate surface area is 175 Å². The molecule has 1 fully saturated rings. The third-order valence-corrected chi connectivity index (χ3v) is 5.70. The molecule has 2 heterocycles. The van der Waals surface area contributed by atoms with E-state index in [4.69, 9.17) is 16.3 Å². The average Bonchev–Trinajstić information content (AvgIpc) is 3.43. The summed E-state index contributed by atoms with van der Waals surface area (Å²) in [7, 11) is 0. The summed E-state index contributed by atoms with van der Waals surface area (Å²) >= 11 is 6.44. The van der Waals surface area contributed by atoms with Gasteiger partial charge in [0.1, 0.15) is 5.60 Å². The highest BCUT2D eigenvalue weighted by atomic mass is 35.5. The minimum atomic E-state index is -0.569. The Kier molecular flexibility index (Phi) is 4.93. The number of hydrogen-bond acceptors (Lipinski definition) is 4. The van der Waals surface area contributed by atoms with Crippen LogP contribution in [0.15, 0.2) is 18.2 Å². The first-order valence-corrected chi connectivity index (χ1v) is 10.4. The first-order valence-electron chi connectivity index (χ1n) is 10.0. The minimum Gasteiger partial charge on any atom is -0.444 e. The number of nitrogens with zero attached hydrogens (tertiary/aromatic N) is 3. The Morgan fingerprint density at radius 1 is 1.24 bits per heavy atom. The largest absolute Gasteiger partial charge is 0.444 e. The Morgan fingerprint density at radius 2 is 1.97 bits per heavy atom. The third-order valence-electron chi connectivity index (χ3n) is 5.38. The van der Waals surface area contributed by atoms with Crippen molar-refractivity contribution in [3.05, 3.63) is 51.3 Å². The molecule has 0 unspecified atom stereocenters. The fraction of sp³-hybridized carbons (Fsp3) is 0.500. The molecular weight excluding hydrogens is 390 g/mol. The lowest BCUT2D eigenvalue weighted by Crippen LogP contribution is -2.40. The molecule has 2 aromatic rings.